The van der Waals surface area contributed by atoms with Crippen LogP contribution in [0, 0.1) is 0 Å². The second-order valence-electron chi connectivity index (χ2n) is 12.3. The molecule has 0 aliphatic rings. The minimum Gasteiger partial charge on any atom is -0.256 e. The Kier molecular flexibility index (Phi) is 7.45. The number of aromatic nitrogens is 4. The van der Waals surface area contributed by atoms with Crippen molar-refractivity contribution in [1.82, 2.24) is 19.9 Å². The lowest BCUT2D eigenvalue weighted by Crippen LogP contribution is -2.00. The summed E-state index contributed by atoms with van der Waals surface area (Å²) in [5.74, 6) is 1.89. The van der Waals surface area contributed by atoms with E-state index in [1.54, 1.807) is 0 Å². The average Bonchev–Trinajstić information content (AvgIpc) is 3.21. The molecule has 0 saturated carbocycles. The van der Waals surface area contributed by atoms with Crippen molar-refractivity contribution in [2.75, 3.05) is 0 Å². The Bertz CT molecular complexity index is 2580. The molecule has 234 valence electrons. The van der Waals surface area contributed by atoms with Crippen molar-refractivity contribution in [2.24, 2.45) is 0 Å². The summed E-state index contributed by atoms with van der Waals surface area (Å²) < 4.78 is 0. The molecule has 4 heteroatoms. The topological polar surface area (TPSA) is 51.6 Å². The van der Waals surface area contributed by atoms with Crippen molar-refractivity contribution in [3.05, 3.63) is 182 Å². The Morgan fingerprint density at radius 3 is 1.52 bits per heavy atom. The van der Waals surface area contributed by atoms with Crippen molar-refractivity contribution >= 4 is 21.5 Å². The van der Waals surface area contributed by atoms with E-state index < -0.39 is 0 Å². The fourth-order valence-corrected chi connectivity index (χ4v) is 6.70. The molecule has 0 aliphatic heterocycles. The number of hydrogen-bond acceptors (Lipinski definition) is 4. The van der Waals surface area contributed by atoms with Crippen molar-refractivity contribution in [3.8, 4) is 67.7 Å². The predicted octanol–water partition coefficient (Wildman–Crippen LogP) is 11.6. The van der Waals surface area contributed by atoms with Gasteiger partial charge in [-0.15, -0.1) is 0 Å². The third kappa shape index (κ3) is 5.59. The van der Waals surface area contributed by atoms with Gasteiger partial charge in [-0.2, -0.15) is 0 Å². The van der Waals surface area contributed by atoms with Crippen LogP contribution in [0.5, 0.6) is 0 Å². The summed E-state index contributed by atoms with van der Waals surface area (Å²) in [6, 6.07) is 61.1. The standard InChI is InChI=1S/C46H30N4/c1-3-14-31(15-4-1)44-48-45(32-16-5-2-6-17-32)50-46(49-44)38-28-36(33-19-13-20-35(26-33)43-24-11-12-25-47-43)27-37(29-38)42-30-34-18-7-8-21-39(34)40-22-9-10-23-41(40)42/h1-30H. The largest absolute Gasteiger partial charge is 0.256 e. The van der Waals surface area contributed by atoms with E-state index in [0.29, 0.717) is 17.5 Å². The maximum atomic E-state index is 5.11. The highest BCUT2D eigenvalue weighted by Gasteiger charge is 2.17. The molecule has 4 nitrogen and oxygen atoms in total. The fourth-order valence-electron chi connectivity index (χ4n) is 6.70. The van der Waals surface area contributed by atoms with Gasteiger partial charge in [-0.1, -0.05) is 133 Å². The molecule has 0 fully saturated rings. The normalized spacial score (nSPS) is 11.2. The quantitative estimate of drug-likeness (QED) is 0.170. The second-order valence-corrected chi connectivity index (χ2v) is 12.3. The summed E-state index contributed by atoms with van der Waals surface area (Å²) in [6.07, 6.45) is 1.83. The minimum absolute atomic E-state index is 0.617. The Labute approximate surface area is 290 Å². The fraction of sp³-hybridized carbons (Fsp3) is 0. The van der Waals surface area contributed by atoms with Crippen molar-refractivity contribution in [3.63, 3.8) is 0 Å². The third-order valence-corrected chi connectivity index (χ3v) is 9.13. The van der Waals surface area contributed by atoms with Gasteiger partial charge in [0.25, 0.3) is 0 Å². The molecule has 0 N–H and O–H groups in total. The van der Waals surface area contributed by atoms with E-state index in [2.05, 4.69) is 102 Å². The van der Waals surface area contributed by atoms with E-state index in [0.717, 1.165) is 50.2 Å². The first-order valence-corrected chi connectivity index (χ1v) is 16.7. The van der Waals surface area contributed by atoms with Crippen LogP contribution in [0.3, 0.4) is 0 Å². The summed E-state index contributed by atoms with van der Waals surface area (Å²) in [5.41, 5.74) is 9.18. The zero-order chi connectivity index (χ0) is 33.3. The second kappa shape index (κ2) is 12.7. The maximum absolute atomic E-state index is 5.11. The zero-order valence-corrected chi connectivity index (χ0v) is 27.1. The SMILES string of the molecule is c1ccc(-c2nc(-c3ccccc3)nc(-c3cc(-c4cccc(-c5ccccn5)c4)cc(-c4cc5ccccc5c5ccccc45)c3)n2)cc1. The van der Waals surface area contributed by atoms with Crippen LogP contribution in [0.1, 0.15) is 0 Å². The first-order chi connectivity index (χ1) is 24.8. The van der Waals surface area contributed by atoms with E-state index in [-0.39, 0.29) is 0 Å². The van der Waals surface area contributed by atoms with Crippen LogP contribution in [0.15, 0.2) is 182 Å². The summed E-state index contributed by atoms with van der Waals surface area (Å²) in [4.78, 5) is 19.8. The van der Waals surface area contributed by atoms with E-state index >= 15 is 0 Å². The molecular formula is C46H30N4. The zero-order valence-electron chi connectivity index (χ0n) is 27.1. The predicted molar refractivity (Wildman–Crippen MR) is 205 cm³/mol. The lowest BCUT2D eigenvalue weighted by atomic mass is 9.90. The van der Waals surface area contributed by atoms with Crippen LogP contribution in [-0.4, -0.2) is 19.9 Å². The Hall–Kier alpha value is -6.78. The highest BCUT2D eigenvalue weighted by atomic mass is 15.0. The van der Waals surface area contributed by atoms with Gasteiger partial charge in [0.1, 0.15) is 0 Å². The Balaban J connectivity index is 1.31. The van der Waals surface area contributed by atoms with Gasteiger partial charge in [0.2, 0.25) is 0 Å². The molecule has 0 unspecified atom stereocenters. The molecule has 2 aromatic heterocycles. The molecule has 0 saturated heterocycles. The molecular weight excluding hydrogens is 609 g/mol. The van der Waals surface area contributed by atoms with Crippen molar-refractivity contribution in [2.45, 2.75) is 0 Å². The monoisotopic (exact) mass is 638 g/mol. The van der Waals surface area contributed by atoms with Crippen LogP contribution >= 0.6 is 0 Å². The Morgan fingerprint density at radius 2 is 0.820 bits per heavy atom. The molecule has 0 amide bonds. The van der Waals surface area contributed by atoms with Gasteiger partial charge >= 0.3 is 0 Å². The van der Waals surface area contributed by atoms with Crippen LogP contribution in [-0.2, 0) is 0 Å². The third-order valence-electron chi connectivity index (χ3n) is 9.13. The van der Waals surface area contributed by atoms with Crippen molar-refractivity contribution < 1.29 is 0 Å². The lowest BCUT2D eigenvalue weighted by molar-refractivity contribution is 1.07. The molecule has 7 aromatic carbocycles. The van der Waals surface area contributed by atoms with E-state index in [9.17, 15) is 0 Å². The molecule has 2 heterocycles. The molecule has 0 spiro atoms. The molecule has 9 rings (SSSR count). The van der Waals surface area contributed by atoms with E-state index in [4.69, 9.17) is 15.0 Å². The average molecular weight is 639 g/mol. The maximum Gasteiger partial charge on any atom is 0.164 e. The van der Waals surface area contributed by atoms with Gasteiger partial charge in [0.15, 0.2) is 17.5 Å². The first-order valence-electron chi connectivity index (χ1n) is 16.7. The summed E-state index contributed by atoms with van der Waals surface area (Å²) in [7, 11) is 0. The number of hydrogen-bond donors (Lipinski definition) is 0. The van der Waals surface area contributed by atoms with Crippen LogP contribution in [0.4, 0.5) is 0 Å². The first kappa shape index (κ1) is 29.4. The summed E-state index contributed by atoms with van der Waals surface area (Å²) in [6.45, 7) is 0. The van der Waals surface area contributed by atoms with Gasteiger partial charge in [0, 0.05) is 28.5 Å². The van der Waals surface area contributed by atoms with Crippen LogP contribution in [0.2, 0.25) is 0 Å². The summed E-state index contributed by atoms with van der Waals surface area (Å²) in [5, 5.41) is 4.86. The molecule has 9 aromatic rings. The smallest absolute Gasteiger partial charge is 0.164 e. The molecule has 0 radical (unpaired) electrons. The van der Waals surface area contributed by atoms with Gasteiger partial charge in [-0.25, -0.2) is 15.0 Å². The molecule has 50 heavy (non-hydrogen) atoms. The molecule has 0 atom stereocenters. The lowest BCUT2D eigenvalue weighted by Gasteiger charge is -2.15. The number of rotatable bonds is 6. The highest BCUT2D eigenvalue weighted by molar-refractivity contribution is 6.14. The van der Waals surface area contributed by atoms with Gasteiger partial charge in [0.05, 0.1) is 5.69 Å². The minimum atomic E-state index is 0.617. The van der Waals surface area contributed by atoms with Crippen LogP contribution in [0.25, 0.3) is 89.2 Å². The molecule has 0 aliphatic carbocycles. The van der Waals surface area contributed by atoms with E-state index in [1.165, 1.54) is 21.5 Å². The van der Waals surface area contributed by atoms with Gasteiger partial charge in [-0.3, -0.25) is 4.98 Å². The number of nitrogens with zero attached hydrogens (tertiary/aromatic N) is 4. The van der Waals surface area contributed by atoms with E-state index in [1.807, 2.05) is 85.1 Å². The molecule has 0 bridgehead atoms. The Morgan fingerprint density at radius 1 is 0.300 bits per heavy atom. The van der Waals surface area contributed by atoms with Crippen LogP contribution < -0.4 is 0 Å². The summed E-state index contributed by atoms with van der Waals surface area (Å²) >= 11 is 0. The number of fused-ring (bicyclic) bond motifs is 3. The number of benzene rings is 7. The van der Waals surface area contributed by atoms with Gasteiger partial charge in [-0.05, 0) is 86.3 Å². The highest BCUT2D eigenvalue weighted by Crippen LogP contribution is 2.39. The van der Waals surface area contributed by atoms with Gasteiger partial charge < -0.3 is 0 Å². The number of pyridine rings is 1. The van der Waals surface area contributed by atoms with Crippen molar-refractivity contribution in [1.29, 1.82) is 0 Å².